The number of carboxylic acids is 1. The van der Waals surface area contributed by atoms with Crippen LogP contribution in [0.2, 0.25) is 0 Å². The van der Waals surface area contributed by atoms with Crippen LogP contribution in [0.25, 0.3) is 0 Å². The van der Waals surface area contributed by atoms with Gasteiger partial charge in [-0.1, -0.05) is 37.3 Å². The fourth-order valence-corrected chi connectivity index (χ4v) is 1.85. The van der Waals surface area contributed by atoms with Gasteiger partial charge in [0, 0.05) is 0 Å². The quantitative estimate of drug-likeness (QED) is 0.829. The second kappa shape index (κ2) is 6.17. The van der Waals surface area contributed by atoms with Crippen LogP contribution in [0.3, 0.4) is 0 Å². The maximum absolute atomic E-state index is 11.8. The van der Waals surface area contributed by atoms with Gasteiger partial charge in [0.1, 0.15) is 0 Å². The van der Waals surface area contributed by atoms with E-state index in [0.29, 0.717) is 12.1 Å². The molecular formula is C15H23NO3. The predicted molar refractivity (Wildman–Crippen MR) is 75.1 cm³/mol. The molecule has 1 rings (SSSR count). The third-order valence-electron chi connectivity index (χ3n) is 2.83. The molecule has 106 valence electrons. The number of benzene rings is 1. The Morgan fingerprint density at radius 2 is 1.84 bits per heavy atom. The van der Waals surface area contributed by atoms with E-state index in [4.69, 9.17) is 4.74 Å². The van der Waals surface area contributed by atoms with Crippen LogP contribution in [-0.2, 0) is 15.1 Å². The molecule has 1 aromatic carbocycles. The summed E-state index contributed by atoms with van der Waals surface area (Å²) in [6, 6.07) is 9.15. The number of nitrogens with one attached hydrogen (secondary N) is 1. The fourth-order valence-electron chi connectivity index (χ4n) is 1.85. The average molecular weight is 265 g/mol. The molecule has 0 heterocycles. The van der Waals surface area contributed by atoms with Crippen molar-refractivity contribution in [2.75, 3.05) is 13.2 Å². The average Bonchev–Trinajstić information content (AvgIpc) is 2.34. The monoisotopic (exact) mass is 265 g/mol. The molecule has 0 saturated heterocycles. The molecule has 0 bridgehead atoms. The van der Waals surface area contributed by atoms with E-state index in [1.807, 2.05) is 58.0 Å². The molecule has 4 heteroatoms. The van der Waals surface area contributed by atoms with Crippen LogP contribution in [0, 0.1) is 0 Å². The van der Waals surface area contributed by atoms with Gasteiger partial charge in [-0.05, 0) is 32.9 Å². The van der Waals surface area contributed by atoms with Gasteiger partial charge in [-0.15, -0.1) is 0 Å². The zero-order chi connectivity index (χ0) is 14.5. The van der Waals surface area contributed by atoms with Gasteiger partial charge < -0.3 is 9.84 Å². The summed E-state index contributed by atoms with van der Waals surface area (Å²) in [5.74, 6) is -0.926. The van der Waals surface area contributed by atoms with Crippen molar-refractivity contribution in [3.8, 4) is 0 Å². The third kappa shape index (κ3) is 4.04. The van der Waals surface area contributed by atoms with Crippen LogP contribution < -0.4 is 5.32 Å². The molecule has 0 amide bonds. The minimum Gasteiger partial charge on any atom is -0.480 e. The number of carboxylic acid groups (broad SMARTS) is 1. The molecule has 0 aliphatic carbocycles. The first-order valence-corrected chi connectivity index (χ1v) is 6.50. The van der Waals surface area contributed by atoms with E-state index in [-0.39, 0.29) is 12.2 Å². The summed E-state index contributed by atoms with van der Waals surface area (Å²) in [6.45, 7) is 8.26. The highest BCUT2D eigenvalue weighted by molar-refractivity contribution is 5.81. The summed E-state index contributed by atoms with van der Waals surface area (Å²) in [7, 11) is 0. The molecule has 4 nitrogen and oxygen atoms in total. The van der Waals surface area contributed by atoms with Crippen molar-refractivity contribution in [3.05, 3.63) is 35.9 Å². The molecule has 0 radical (unpaired) electrons. The summed E-state index contributed by atoms with van der Waals surface area (Å²) in [6.07, 6.45) is 0. The Bertz CT molecular complexity index is 411. The van der Waals surface area contributed by atoms with Gasteiger partial charge in [0.15, 0.2) is 5.54 Å². The van der Waals surface area contributed by atoms with Gasteiger partial charge in [0.05, 0.1) is 12.2 Å². The van der Waals surface area contributed by atoms with Gasteiger partial charge in [-0.2, -0.15) is 0 Å². The Labute approximate surface area is 114 Å². The lowest BCUT2D eigenvalue weighted by molar-refractivity contribution is -0.151. The highest BCUT2D eigenvalue weighted by Gasteiger charge is 2.41. The molecule has 1 aromatic rings. The minimum atomic E-state index is -1.21. The first kappa shape index (κ1) is 15.7. The molecule has 2 N–H and O–H groups in total. The summed E-state index contributed by atoms with van der Waals surface area (Å²) in [4.78, 5) is 11.8. The van der Waals surface area contributed by atoms with Gasteiger partial charge in [-0.3, -0.25) is 5.32 Å². The first-order valence-electron chi connectivity index (χ1n) is 6.50. The highest BCUT2D eigenvalue weighted by Crippen LogP contribution is 2.24. The number of rotatable bonds is 6. The second-order valence-electron chi connectivity index (χ2n) is 5.51. The molecule has 0 spiro atoms. The summed E-state index contributed by atoms with van der Waals surface area (Å²) >= 11 is 0. The lowest BCUT2D eigenvalue weighted by atomic mass is 9.90. The van der Waals surface area contributed by atoms with E-state index in [1.165, 1.54) is 0 Å². The number of carbonyl (C=O) groups is 1. The van der Waals surface area contributed by atoms with Crippen LogP contribution in [0.1, 0.15) is 33.3 Å². The van der Waals surface area contributed by atoms with Crippen LogP contribution in [0.4, 0.5) is 0 Å². The van der Waals surface area contributed by atoms with Crippen LogP contribution in [0.15, 0.2) is 30.3 Å². The van der Waals surface area contributed by atoms with E-state index in [0.717, 1.165) is 0 Å². The van der Waals surface area contributed by atoms with E-state index in [2.05, 4.69) is 5.32 Å². The Morgan fingerprint density at radius 1 is 1.26 bits per heavy atom. The molecule has 0 aliphatic heterocycles. The van der Waals surface area contributed by atoms with Gasteiger partial charge in [0.2, 0.25) is 0 Å². The molecule has 1 atom stereocenters. The van der Waals surface area contributed by atoms with Crippen LogP contribution in [-0.4, -0.2) is 29.8 Å². The van der Waals surface area contributed by atoms with Crippen LogP contribution >= 0.6 is 0 Å². The smallest absolute Gasteiger partial charge is 0.331 e. The second-order valence-corrected chi connectivity index (χ2v) is 5.51. The van der Waals surface area contributed by atoms with E-state index in [9.17, 15) is 9.90 Å². The zero-order valence-corrected chi connectivity index (χ0v) is 12.1. The fraction of sp³-hybridized carbons (Fsp3) is 0.533. The van der Waals surface area contributed by atoms with E-state index >= 15 is 0 Å². The van der Waals surface area contributed by atoms with Crippen molar-refractivity contribution < 1.29 is 14.6 Å². The number of hydrogen-bond acceptors (Lipinski definition) is 3. The van der Waals surface area contributed by atoms with Gasteiger partial charge >= 0.3 is 5.97 Å². The molecule has 1 unspecified atom stereocenters. The summed E-state index contributed by atoms with van der Waals surface area (Å²) < 4.78 is 5.72. The van der Waals surface area contributed by atoms with Crippen molar-refractivity contribution >= 4 is 5.97 Å². The molecule has 0 aliphatic rings. The summed E-state index contributed by atoms with van der Waals surface area (Å²) in [5.41, 5.74) is -0.887. The highest BCUT2D eigenvalue weighted by atomic mass is 16.5. The Morgan fingerprint density at radius 3 is 2.26 bits per heavy atom. The topological polar surface area (TPSA) is 58.6 Å². The zero-order valence-electron chi connectivity index (χ0n) is 12.1. The van der Waals surface area contributed by atoms with Crippen molar-refractivity contribution in [1.82, 2.24) is 5.32 Å². The van der Waals surface area contributed by atoms with Crippen molar-refractivity contribution in [3.63, 3.8) is 0 Å². The number of ether oxygens (including phenoxy) is 1. The maximum Gasteiger partial charge on any atom is 0.331 e. The minimum absolute atomic E-state index is 0.0870. The van der Waals surface area contributed by atoms with E-state index < -0.39 is 11.5 Å². The first-order chi connectivity index (χ1) is 8.82. The summed E-state index contributed by atoms with van der Waals surface area (Å²) in [5, 5.41) is 12.7. The lowest BCUT2D eigenvalue weighted by Crippen LogP contribution is -2.53. The maximum atomic E-state index is 11.8. The Kier molecular flexibility index (Phi) is 5.09. The van der Waals surface area contributed by atoms with Gasteiger partial charge in [-0.25, -0.2) is 4.79 Å². The molecule has 0 fully saturated rings. The predicted octanol–water partition coefficient (Wildman–Crippen LogP) is 2.39. The van der Waals surface area contributed by atoms with Crippen molar-refractivity contribution in [1.29, 1.82) is 0 Å². The Hall–Kier alpha value is -1.39. The largest absolute Gasteiger partial charge is 0.480 e. The Balaban J connectivity index is 3.11. The molecule has 0 saturated carbocycles. The van der Waals surface area contributed by atoms with E-state index in [1.54, 1.807) is 0 Å². The molecule has 19 heavy (non-hydrogen) atoms. The third-order valence-corrected chi connectivity index (χ3v) is 2.83. The standard InChI is InChI=1S/C15H23NO3/c1-5-16-15(13(17)18,11-19-14(2,3)4)12-9-7-6-8-10-12/h6-10,16H,5,11H2,1-4H3,(H,17,18). The van der Waals surface area contributed by atoms with Crippen molar-refractivity contribution in [2.24, 2.45) is 0 Å². The SMILES string of the molecule is CCNC(COC(C)(C)C)(C(=O)O)c1ccccc1. The molecule has 0 aromatic heterocycles. The number of aliphatic carboxylic acids is 1. The van der Waals surface area contributed by atoms with Crippen LogP contribution in [0.5, 0.6) is 0 Å². The number of likely N-dealkylation sites (N-methyl/N-ethyl adjacent to an activating group) is 1. The normalized spacial score (nSPS) is 14.9. The van der Waals surface area contributed by atoms with Crippen molar-refractivity contribution in [2.45, 2.75) is 38.8 Å². The lowest BCUT2D eigenvalue weighted by Gasteiger charge is -2.33. The number of hydrogen-bond donors (Lipinski definition) is 2. The van der Waals surface area contributed by atoms with Gasteiger partial charge in [0.25, 0.3) is 0 Å². The molecular weight excluding hydrogens is 242 g/mol.